The molecule has 16 heavy (non-hydrogen) atoms. The molecule has 1 amide bonds. The number of hydrogen-bond acceptors (Lipinski definition) is 2. The average Bonchev–Trinajstić information content (AvgIpc) is 2.66. The summed E-state index contributed by atoms with van der Waals surface area (Å²) in [6.45, 7) is 11.5. The Balaban J connectivity index is 2.33. The van der Waals surface area contributed by atoms with E-state index >= 15 is 0 Å². The zero-order valence-corrected chi connectivity index (χ0v) is 11.1. The zero-order valence-electron chi connectivity index (χ0n) is 11.1. The molecule has 0 spiro atoms. The summed E-state index contributed by atoms with van der Waals surface area (Å²) in [6, 6.07) is 0.301. The molecule has 3 nitrogen and oxygen atoms in total. The van der Waals surface area contributed by atoms with Crippen molar-refractivity contribution in [3.05, 3.63) is 0 Å². The Labute approximate surface area is 99.6 Å². The highest BCUT2D eigenvalue weighted by Crippen LogP contribution is 2.24. The van der Waals surface area contributed by atoms with E-state index in [1.54, 1.807) is 0 Å². The molecule has 0 aromatic rings. The number of rotatable bonds is 5. The Morgan fingerprint density at radius 2 is 2.12 bits per heavy atom. The van der Waals surface area contributed by atoms with Gasteiger partial charge in [-0.25, -0.2) is 0 Å². The number of hydrogen-bond donors (Lipinski definition) is 1. The lowest BCUT2D eigenvalue weighted by Gasteiger charge is -2.20. The Kier molecular flexibility index (Phi) is 5.26. The molecule has 1 rings (SSSR count). The second-order valence-electron chi connectivity index (χ2n) is 5.30. The van der Waals surface area contributed by atoms with E-state index < -0.39 is 0 Å². The molecule has 0 bridgehead atoms. The minimum Gasteiger partial charge on any atom is -0.342 e. The summed E-state index contributed by atoms with van der Waals surface area (Å²) in [5.41, 5.74) is 0. The maximum Gasteiger partial charge on any atom is 0.224 e. The maximum atomic E-state index is 12.0. The minimum absolute atomic E-state index is 0.301. The maximum absolute atomic E-state index is 12.0. The van der Waals surface area contributed by atoms with Crippen molar-refractivity contribution in [3.63, 3.8) is 0 Å². The molecule has 0 aliphatic carbocycles. The third-order valence-electron chi connectivity index (χ3n) is 3.55. The largest absolute Gasteiger partial charge is 0.342 e. The van der Waals surface area contributed by atoms with Crippen LogP contribution in [0.25, 0.3) is 0 Å². The topological polar surface area (TPSA) is 32.3 Å². The first-order chi connectivity index (χ1) is 7.54. The molecule has 0 aromatic heterocycles. The van der Waals surface area contributed by atoms with E-state index in [0.29, 0.717) is 30.2 Å². The predicted molar refractivity (Wildman–Crippen MR) is 67.3 cm³/mol. The van der Waals surface area contributed by atoms with E-state index in [1.807, 2.05) is 4.90 Å². The highest BCUT2D eigenvalue weighted by molar-refractivity contribution is 5.77. The Morgan fingerprint density at radius 3 is 2.62 bits per heavy atom. The molecular formula is C13H26N2O. The van der Waals surface area contributed by atoms with Gasteiger partial charge >= 0.3 is 0 Å². The lowest BCUT2D eigenvalue weighted by atomic mass is 9.95. The van der Waals surface area contributed by atoms with E-state index in [2.05, 4.69) is 33.0 Å². The van der Waals surface area contributed by atoms with Crippen LogP contribution in [0.3, 0.4) is 0 Å². The fourth-order valence-electron chi connectivity index (χ4n) is 2.37. The van der Waals surface area contributed by atoms with Crippen LogP contribution in [0.5, 0.6) is 0 Å². The normalized spacial score (nSPS) is 22.8. The Hall–Kier alpha value is -0.570. The van der Waals surface area contributed by atoms with Crippen LogP contribution < -0.4 is 5.32 Å². The number of carbonyl (C=O) groups is 1. The molecule has 0 saturated carbocycles. The van der Waals surface area contributed by atoms with Crippen LogP contribution in [0.2, 0.25) is 0 Å². The summed E-state index contributed by atoms with van der Waals surface area (Å²) in [5, 5.41) is 3.29. The third-order valence-corrected chi connectivity index (χ3v) is 3.55. The van der Waals surface area contributed by atoms with Crippen LogP contribution >= 0.6 is 0 Å². The van der Waals surface area contributed by atoms with Gasteiger partial charge in [-0.3, -0.25) is 4.79 Å². The van der Waals surface area contributed by atoms with Gasteiger partial charge in [0.1, 0.15) is 0 Å². The van der Waals surface area contributed by atoms with Gasteiger partial charge in [0.25, 0.3) is 0 Å². The van der Waals surface area contributed by atoms with Crippen molar-refractivity contribution in [1.29, 1.82) is 0 Å². The lowest BCUT2D eigenvalue weighted by molar-refractivity contribution is -0.130. The summed E-state index contributed by atoms with van der Waals surface area (Å²) < 4.78 is 0. The highest BCUT2D eigenvalue weighted by atomic mass is 16.2. The third kappa shape index (κ3) is 3.78. The molecule has 1 aliphatic heterocycles. The zero-order chi connectivity index (χ0) is 12.1. The average molecular weight is 226 g/mol. The van der Waals surface area contributed by atoms with Gasteiger partial charge < -0.3 is 10.2 Å². The van der Waals surface area contributed by atoms with E-state index in [9.17, 15) is 4.79 Å². The van der Waals surface area contributed by atoms with Crippen LogP contribution in [0, 0.1) is 11.8 Å². The Bertz CT molecular complexity index is 228. The number of amides is 1. The van der Waals surface area contributed by atoms with Gasteiger partial charge in [0.15, 0.2) is 0 Å². The van der Waals surface area contributed by atoms with Crippen molar-refractivity contribution >= 4 is 5.91 Å². The molecular weight excluding hydrogens is 200 g/mol. The van der Waals surface area contributed by atoms with Crippen molar-refractivity contribution in [2.45, 2.75) is 46.6 Å². The second-order valence-corrected chi connectivity index (χ2v) is 5.30. The van der Waals surface area contributed by atoms with E-state index in [4.69, 9.17) is 0 Å². The molecule has 0 aromatic carbocycles. The van der Waals surface area contributed by atoms with Crippen LogP contribution in [-0.4, -0.2) is 36.5 Å². The van der Waals surface area contributed by atoms with E-state index in [-0.39, 0.29) is 0 Å². The van der Waals surface area contributed by atoms with Gasteiger partial charge in [0.2, 0.25) is 5.91 Å². The lowest BCUT2D eigenvalue weighted by Crippen LogP contribution is -2.36. The van der Waals surface area contributed by atoms with Crippen molar-refractivity contribution < 1.29 is 4.79 Å². The van der Waals surface area contributed by atoms with Crippen LogP contribution in [-0.2, 0) is 4.79 Å². The van der Waals surface area contributed by atoms with Gasteiger partial charge in [-0.05, 0) is 31.7 Å². The molecule has 1 fully saturated rings. The first kappa shape index (κ1) is 13.5. The standard InChI is InChI=1S/C13H26N2O/c1-5-14-11(4)8-13(16)15-7-6-12(9-15)10(2)3/h10-12,14H,5-9H2,1-4H3. The summed E-state index contributed by atoms with van der Waals surface area (Å²) in [7, 11) is 0. The van der Waals surface area contributed by atoms with Gasteiger partial charge in [-0.1, -0.05) is 20.8 Å². The molecule has 1 aliphatic rings. The molecule has 2 atom stereocenters. The summed E-state index contributed by atoms with van der Waals surface area (Å²) in [4.78, 5) is 14.0. The number of likely N-dealkylation sites (tertiary alicyclic amines) is 1. The summed E-state index contributed by atoms with van der Waals surface area (Å²) in [5.74, 6) is 1.72. The molecule has 1 heterocycles. The SMILES string of the molecule is CCNC(C)CC(=O)N1CCC(C(C)C)C1. The van der Waals surface area contributed by atoms with Gasteiger partial charge in [0, 0.05) is 25.6 Å². The predicted octanol–water partition coefficient (Wildman–Crippen LogP) is 1.88. The van der Waals surface area contributed by atoms with Crippen molar-refractivity contribution in [2.75, 3.05) is 19.6 Å². The second kappa shape index (κ2) is 6.24. The van der Waals surface area contributed by atoms with Gasteiger partial charge in [-0.2, -0.15) is 0 Å². The first-order valence-electron chi connectivity index (χ1n) is 6.55. The molecule has 94 valence electrons. The van der Waals surface area contributed by atoms with Crippen molar-refractivity contribution in [3.8, 4) is 0 Å². The monoisotopic (exact) mass is 226 g/mol. The van der Waals surface area contributed by atoms with E-state index in [1.165, 1.54) is 6.42 Å². The summed E-state index contributed by atoms with van der Waals surface area (Å²) in [6.07, 6.45) is 1.82. The van der Waals surface area contributed by atoms with Crippen LogP contribution in [0.4, 0.5) is 0 Å². The van der Waals surface area contributed by atoms with Crippen LogP contribution in [0.1, 0.15) is 40.5 Å². The number of nitrogens with one attached hydrogen (secondary N) is 1. The summed E-state index contributed by atoms with van der Waals surface area (Å²) >= 11 is 0. The van der Waals surface area contributed by atoms with Gasteiger partial charge in [-0.15, -0.1) is 0 Å². The van der Waals surface area contributed by atoms with Gasteiger partial charge in [0.05, 0.1) is 0 Å². The van der Waals surface area contributed by atoms with Crippen LogP contribution in [0.15, 0.2) is 0 Å². The minimum atomic E-state index is 0.301. The molecule has 3 heteroatoms. The molecule has 1 saturated heterocycles. The highest BCUT2D eigenvalue weighted by Gasteiger charge is 2.28. The molecule has 2 unspecified atom stereocenters. The smallest absolute Gasteiger partial charge is 0.224 e. The van der Waals surface area contributed by atoms with Crippen molar-refractivity contribution in [2.24, 2.45) is 11.8 Å². The fraction of sp³-hybridized carbons (Fsp3) is 0.923. The number of nitrogens with zero attached hydrogens (tertiary/aromatic N) is 1. The first-order valence-corrected chi connectivity index (χ1v) is 6.55. The molecule has 0 radical (unpaired) electrons. The molecule has 1 N–H and O–H groups in total. The Morgan fingerprint density at radius 1 is 1.44 bits per heavy atom. The van der Waals surface area contributed by atoms with E-state index in [0.717, 1.165) is 19.6 Å². The fourth-order valence-corrected chi connectivity index (χ4v) is 2.37. The number of carbonyl (C=O) groups excluding carboxylic acids is 1. The van der Waals surface area contributed by atoms with Crippen molar-refractivity contribution in [1.82, 2.24) is 10.2 Å². The quantitative estimate of drug-likeness (QED) is 0.776.